The van der Waals surface area contributed by atoms with E-state index in [-0.39, 0.29) is 5.41 Å². The molecule has 1 aromatic carbocycles. The molecule has 0 spiro atoms. The van der Waals surface area contributed by atoms with Crippen molar-refractivity contribution in [2.45, 2.75) is 32.6 Å². The second-order valence-electron chi connectivity index (χ2n) is 5.40. The van der Waals surface area contributed by atoms with Gasteiger partial charge in [-0.3, -0.25) is 4.90 Å². The molecule has 0 N–H and O–H groups in total. The van der Waals surface area contributed by atoms with E-state index in [1.165, 1.54) is 11.1 Å². The average molecular weight is 240 g/mol. The first kappa shape index (κ1) is 13.5. The van der Waals surface area contributed by atoms with Gasteiger partial charge in [0, 0.05) is 6.54 Å². The maximum absolute atomic E-state index is 5.73. The van der Waals surface area contributed by atoms with E-state index in [9.17, 15) is 0 Å². The first-order chi connectivity index (χ1) is 7.43. The molecule has 0 saturated carbocycles. The number of halogens is 1. The van der Waals surface area contributed by atoms with E-state index in [2.05, 4.69) is 49.9 Å². The highest BCUT2D eigenvalue weighted by molar-refractivity contribution is 6.17. The smallest absolute Gasteiger partial charge is 0.0736 e. The molecule has 0 aliphatic rings. The fourth-order valence-electron chi connectivity index (χ4n) is 1.55. The quantitative estimate of drug-likeness (QED) is 0.573. The van der Waals surface area contributed by atoms with Crippen LogP contribution in [0.2, 0.25) is 0 Å². The van der Waals surface area contributed by atoms with Gasteiger partial charge >= 0.3 is 0 Å². The Morgan fingerprint density at radius 3 is 2.12 bits per heavy atom. The molecule has 1 aromatic rings. The maximum Gasteiger partial charge on any atom is 0.0736 e. The van der Waals surface area contributed by atoms with E-state index < -0.39 is 0 Å². The molecule has 0 aliphatic carbocycles. The summed E-state index contributed by atoms with van der Waals surface area (Å²) in [5.41, 5.74) is 3.01. The lowest BCUT2D eigenvalue weighted by atomic mass is 9.86. The van der Waals surface area contributed by atoms with Crippen LogP contribution in [0.15, 0.2) is 24.3 Å². The molecule has 0 unspecified atom stereocenters. The van der Waals surface area contributed by atoms with E-state index in [1.807, 2.05) is 7.05 Å². The largest absolute Gasteiger partial charge is 0.293 e. The molecule has 1 nitrogen and oxygen atoms in total. The van der Waals surface area contributed by atoms with Crippen LogP contribution in [0.25, 0.3) is 0 Å². The van der Waals surface area contributed by atoms with Gasteiger partial charge in [0.1, 0.15) is 0 Å². The van der Waals surface area contributed by atoms with Gasteiger partial charge in [-0.05, 0) is 30.0 Å². The van der Waals surface area contributed by atoms with Crippen molar-refractivity contribution < 1.29 is 0 Å². The predicted octanol–water partition coefficient (Wildman–Crippen LogP) is 3.65. The Balaban J connectivity index is 2.58. The second kappa shape index (κ2) is 5.70. The monoisotopic (exact) mass is 239 g/mol. The summed E-state index contributed by atoms with van der Waals surface area (Å²) >= 11 is 5.73. The molecule has 0 amide bonds. The van der Waals surface area contributed by atoms with Crippen LogP contribution >= 0.6 is 11.6 Å². The number of likely N-dealkylation sites (N-methyl/N-ethyl adjacent to an activating group) is 1. The van der Waals surface area contributed by atoms with E-state index in [0.717, 1.165) is 13.0 Å². The Bertz CT molecular complexity index is 311. The summed E-state index contributed by atoms with van der Waals surface area (Å²) < 4.78 is 0. The summed E-state index contributed by atoms with van der Waals surface area (Å²) in [5.74, 6) is 0. The summed E-state index contributed by atoms with van der Waals surface area (Å²) in [6, 6.07) is 9.51. The molecular weight excluding hydrogens is 218 g/mol. The molecule has 16 heavy (non-hydrogen) atoms. The highest BCUT2D eigenvalue weighted by Crippen LogP contribution is 2.22. The zero-order chi connectivity index (χ0) is 12.2. The molecule has 0 aliphatic heterocycles. The van der Waals surface area contributed by atoms with Gasteiger partial charge in [-0.2, -0.15) is 0 Å². The molecule has 0 saturated heterocycles. The maximum atomic E-state index is 5.73. The number of hydrogen-bond donors (Lipinski definition) is 0. The predicted molar refractivity (Wildman–Crippen MR) is 72.2 cm³/mol. The minimum Gasteiger partial charge on any atom is -0.293 e. The number of hydrogen-bond acceptors (Lipinski definition) is 1. The number of nitrogens with zero attached hydrogens (tertiary/aromatic N) is 1. The van der Waals surface area contributed by atoms with Crippen LogP contribution in [0, 0.1) is 0 Å². The van der Waals surface area contributed by atoms with Crippen molar-refractivity contribution in [3.63, 3.8) is 0 Å². The molecule has 2 heteroatoms. The molecule has 0 bridgehead atoms. The van der Waals surface area contributed by atoms with Crippen LogP contribution in [-0.2, 0) is 11.8 Å². The molecule has 1 rings (SSSR count). The highest BCUT2D eigenvalue weighted by atomic mass is 35.5. The van der Waals surface area contributed by atoms with Crippen molar-refractivity contribution in [1.82, 2.24) is 4.90 Å². The molecule has 0 heterocycles. The minimum atomic E-state index is 0.242. The standard InChI is InChI=1S/C14H22ClN/c1-14(2,3)13-7-5-12(6-8-13)9-10-16(4)11-15/h5-8H,9-11H2,1-4H3. The third-order valence-corrected chi connectivity index (χ3v) is 3.21. The molecule has 0 fully saturated rings. The van der Waals surface area contributed by atoms with Gasteiger partial charge in [0.25, 0.3) is 0 Å². The zero-order valence-electron chi connectivity index (χ0n) is 10.8. The fourth-order valence-corrected chi connectivity index (χ4v) is 1.67. The summed E-state index contributed by atoms with van der Waals surface area (Å²) in [4.78, 5) is 2.11. The zero-order valence-corrected chi connectivity index (χ0v) is 11.5. The van der Waals surface area contributed by atoms with Gasteiger partial charge in [0.15, 0.2) is 0 Å². The van der Waals surface area contributed by atoms with Gasteiger partial charge in [-0.25, -0.2) is 0 Å². The minimum absolute atomic E-state index is 0.242. The lowest BCUT2D eigenvalue weighted by Crippen LogP contribution is -2.19. The Morgan fingerprint density at radius 1 is 1.12 bits per heavy atom. The van der Waals surface area contributed by atoms with Crippen LogP contribution < -0.4 is 0 Å². The van der Waals surface area contributed by atoms with E-state index in [4.69, 9.17) is 11.6 Å². The topological polar surface area (TPSA) is 3.24 Å². The van der Waals surface area contributed by atoms with Gasteiger partial charge in [-0.15, -0.1) is 11.6 Å². The third kappa shape index (κ3) is 4.15. The summed E-state index contributed by atoms with van der Waals surface area (Å²) in [6.45, 7) is 7.73. The lowest BCUT2D eigenvalue weighted by molar-refractivity contribution is 0.394. The van der Waals surface area contributed by atoms with Gasteiger partial charge < -0.3 is 0 Å². The first-order valence-corrected chi connectivity index (χ1v) is 6.31. The lowest BCUT2D eigenvalue weighted by Gasteiger charge is -2.19. The second-order valence-corrected chi connectivity index (χ2v) is 5.64. The van der Waals surface area contributed by atoms with Crippen molar-refractivity contribution >= 4 is 11.6 Å². The Labute approximate surface area is 104 Å². The normalized spacial score (nSPS) is 12.1. The summed E-state index contributed by atoms with van der Waals surface area (Å²) in [5, 5.41) is 0. The number of benzene rings is 1. The van der Waals surface area contributed by atoms with Crippen molar-refractivity contribution in [3.8, 4) is 0 Å². The highest BCUT2D eigenvalue weighted by Gasteiger charge is 2.12. The van der Waals surface area contributed by atoms with Crippen LogP contribution in [0.5, 0.6) is 0 Å². The third-order valence-electron chi connectivity index (χ3n) is 2.81. The number of alkyl halides is 1. The Kier molecular flexibility index (Phi) is 4.82. The van der Waals surface area contributed by atoms with Crippen LogP contribution in [0.3, 0.4) is 0 Å². The van der Waals surface area contributed by atoms with Gasteiger partial charge in [0.05, 0.1) is 6.00 Å². The molecule has 0 atom stereocenters. The Morgan fingerprint density at radius 2 is 1.69 bits per heavy atom. The van der Waals surface area contributed by atoms with Gasteiger partial charge in [-0.1, -0.05) is 45.0 Å². The molecule has 90 valence electrons. The van der Waals surface area contributed by atoms with Crippen molar-refractivity contribution in [3.05, 3.63) is 35.4 Å². The average Bonchev–Trinajstić information content (AvgIpc) is 2.25. The van der Waals surface area contributed by atoms with E-state index in [1.54, 1.807) is 0 Å². The van der Waals surface area contributed by atoms with Crippen LogP contribution in [-0.4, -0.2) is 24.5 Å². The van der Waals surface area contributed by atoms with Crippen molar-refractivity contribution in [1.29, 1.82) is 0 Å². The van der Waals surface area contributed by atoms with Crippen LogP contribution in [0.4, 0.5) is 0 Å². The van der Waals surface area contributed by atoms with E-state index in [0.29, 0.717) is 6.00 Å². The van der Waals surface area contributed by atoms with Crippen molar-refractivity contribution in [2.24, 2.45) is 0 Å². The molecular formula is C14H22ClN. The number of rotatable bonds is 4. The molecule has 0 radical (unpaired) electrons. The van der Waals surface area contributed by atoms with Crippen LogP contribution in [0.1, 0.15) is 31.9 Å². The first-order valence-electron chi connectivity index (χ1n) is 5.77. The fraction of sp³-hybridized carbons (Fsp3) is 0.571. The van der Waals surface area contributed by atoms with Gasteiger partial charge in [0.2, 0.25) is 0 Å². The molecule has 0 aromatic heterocycles. The summed E-state index contributed by atoms with van der Waals surface area (Å²) in [7, 11) is 2.04. The summed E-state index contributed by atoms with van der Waals surface area (Å²) in [6.07, 6.45) is 1.06. The van der Waals surface area contributed by atoms with E-state index >= 15 is 0 Å². The Hall–Kier alpha value is -0.530. The van der Waals surface area contributed by atoms with Crippen molar-refractivity contribution in [2.75, 3.05) is 19.6 Å². The SMILES string of the molecule is CN(CCl)CCc1ccc(C(C)(C)C)cc1.